The molecule has 2 aromatic heterocycles. The molecule has 0 atom stereocenters. The fraction of sp³-hybridized carbons (Fsp3) is 0.586. The van der Waals surface area contributed by atoms with Crippen LogP contribution >= 0.6 is 0 Å². The van der Waals surface area contributed by atoms with E-state index in [1.165, 1.54) is 32.5 Å². The van der Waals surface area contributed by atoms with Gasteiger partial charge in [-0.2, -0.15) is 0 Å². The predicted molar refractivity (Wildman–Crippen MR) is 145 cm³/mol. The number of fused-ring (bicyclic) bond motifs is 1. The van der Waals surface area contributed by atoms with E-state index in [9.17, 15) is 0 Å². The summed E-state index contributed by atoms with van der Waals surface area (Å²) in [5.74, 6) is 3.63. The average molecular weight is 492 g/mol. The molecule has 194 valence electrons. The third-order valence-corrected chi connectivity index (χ3v) is 8.06. The molecule has 7 heteroatoms. The number of aromatic nitrogens is 3. The number of nitrogens with one attached hydrogen (secondary N) is 1. The summed E-state index contributed by atoms with van der Waals surface area (Å²) in [6, 6.07) is 6.75. The van der Waals surface area contributed by atoms with Crippen LogP contribution < -0.4 is 9.47 Å². The molecule has 1 N–H and O–H groups in total. The molecular formula is C29H41N5O2. The Balaban J connectivity index is 1.26. The Hall–Kier alpha value is -2.64. The van der Waals surface area contributed by atoms with E-state index in [0.29, 0.717) is 5.92 Å². The van der Waals surface area contributed by atoms with Crippen LogP contribution in [-0.2, 0) is 0 Å². The summed E-state index contributed by atoms with van der Waals surface area (Å²) >= 11 is 0. The van der Waals surface area contributed by atoms with Crippen molar-refractivity contribution >= 4 is 11.0 Å². The molecule has 7 nitrogen and oxygen atoms in total. The molecule has 2 aliphatic rings. The summed E-state index contributed by atoms with van der Waals surface area (Å²) in [5, 5.41) is 0. The highest BCUT2D eigenvalue weighted by Crippen LogP contribution is 2.36. The van der Waals surface area contributed by atoms with Crippen molar-refractivity contribution in [3.63, 3.8) is 0 Å². The Kier molecular flexibility index (Phi) is 7.49. The molecule has 1 aromatic carbocycles. The maximum absolute atomic E-state index is 5.51. The van der Waals surface area contributed by atoms with Crippen LogP contribution in [0.2, 0.25) is 0 Å². The number of benzene rings is 1. The molecule has 0 aliphatic carbocycles. The Morgan fingerprint density at radius 3 is 2.39 bits per heavy atom. The smallest absolute Gasteiger partial charge is 0.161 e. The first-order valence-electron chi connectivity index (χ1n) is 13.5. The van der Waals surface area contributed by atoms with Gasteiger partial charge in [0, 0.05) is 29.6 Å². The molecule has 0 saturated carbocycles. The fourth-order valence-electron chi connectivity index (χ4n) is 6.10. The van der Waals surface area contributed by atoms with Gasteiger partial charge in [0.1, 0.15) is 5.82 Å². The summed E-state index contributed by atoms with van der Waals surface area (Å²) in [7, 11) is 3.32. The van der Waals surface area contributed by atoms with Crippen molar-refractivity contribution in [1.82, 2.24) is 24.8 Å². The van der Waals surface area contributed by atoms with Gasteiger partial charge in [0.25, 0.3) is 0 Å². The largest absolute Gasteiger partial charge is 0.493 e. The van der Waals surface area contributed by atoms with Crippen LogP contribution in [0.3, 0.4) is 0 Å². The normalized spacial score (nSPS) is 18.8. The van der Waals surface area contributed by atoms with Crippen LogP contribution in [0.5, 0.6) is 11.5 Å². The van der Waals surface area contributed by atoms with Gasteiger partial charge in [0.15, 0.2) is 11.5 Å². The number of nitrogens with zero attached hydrogens (tertiary/aromatic N) is 4. The van der Waals surface area contributed by atoms with Crippen molar-refractivity contribution < 1.29 is 9.47 Å². The number of piperidine rings is 2. The Labute approximate surface area is 215 Å². The molecule has 2 aliphatic heterocycles. The number of methoxy groups -OCH3 is 2. The number of rotatable bonds is 7. The molecule has 3 aromatic rings. The standard InChI is InChI=1S/C29H41N5O2/c1-19(2)18-33-12-10-23(11-13-33)34-14-8-21(9-15-34)29-30-17-24-28(32-29)20(3)27(31-24)22-6-7-25(35-4)26(16-22)36-5/h6-7,16-17,19,21,23,31H,8-15,18H2,1-5H3. The summed E-state index contributed by atoms with van der Waals surface area (Å²) in [5.41, 5.74) is 5.25. The van der Waals surface area contributed by atoms with E-state index < -0.39 is 0 Å². The van der Waals surface area contributed by atoms with E-state index >= 15 is 0 Å². The third-order valence-electron chi connectivity index (χ3n) is 8.06. The van der Waals surface area contributed by atoms with Gasteiger partial charge in [0.05, 0.1) is 37.1 Å². The van der Waals surface area contributed by atoms with Crippen LogP contribution in [0.1, 0.15) is 56.8 Å². The summed E-state index contributed by atoms with van der Waals surface area (Å²) < 4.78 is 10.9. The van der Waals surface area contributed by atoms with Crippen LogP contribution in [0, 0.1) is 12.8 Å². The fourth-order valence-corrected chi connectivity index (χ4v) is 6.10. The molecule has 0 amide bonds. The molecule has 5 rings (SSSR count). The lowest BCUT2D eigenvalue weighted by atomic mass is 9.92. The number of aryl methyl sites for hydroxylation is 1. The van der Waals surface area contributed by atoms with Crippen molar-refractivity contribution in [2.45, 2.75) is 58.4 Å². The van der Waals surface area contributed by atoms with E-state index in [0.717, 1.165) is 83.1 Å². The van der Waals surface area contributed by atoms with Gasteiger partial charge in [0.2, 0.25) is 0 Å². The van der Waals surface area contributed by atoms with Gasteiger partial charge < -0.3 is 24.3 Å². The van der Waals surface area contributed by atoms with Crippen LogP contribution in [0.15, 0.2) is 24.4 Å². The summed E-state index contributed by atoms with van der Waals surface area (Å²) in [4.78, 5) is 18.8. The second kappa shape index (κ2) is 10.8. The lowest BCUT2D eigenvalue weighted by Gasteiger charge is -2.42. The van der Waals surface area contributed by atoms with E-state index in [4.69, 9.17) is 19.4 Å². The van der Waals surface area contributed by atoms with Gasteiger partial charge >= 0.3 is 0 Å². The molecule has 2 saturated heterocycles. The second-order valence-electron chi connectivity index (χ2n) is 10.9. The zero-order valence-electron chi connectivity index (χ0n) is 22.5. The molecule has 2 fully saturated rings. The molecule has 4 heterocycles. The van der Waals surface area contributed by atoms with E-state index in [1.54, 1.807) is 14.2 Å². The van der Waals surface area contributed by atoms with E-state index in [2.05, 4.69) is 41.6 Å². The number of aromatic amines is 1. The summed E-state index contributed by atoms with van der Waals surface area (Å²) in [6.45, 7) is 12.8. The summed E-state index contributed by atoms with van der Waals surface area (Å²) in [6.07, 6.45) is 6.86. The van der Waals surface area contributed by atoms with Gasteiger partial charge in [-0.25, -0.2) is 9.97 Å². The Bertz CT molecular complexity index is 1170. The first-order chi connectivity index (χ1) is 17.5. The molecule has 0 unspecified atom stereocenters. The molecule has 0 bridgehead atoms. The van der Waals surface area contributed by atoms with Gasteiger partial charge in [-0.05, 0) is 82.9 Å². The molecule has 0 spiro atoms. The monoisotopic (exact) mass is 491 g/mol. The van der Waals surface area contributed by atoms with E-state index in [-0.39, 0.29) is 0 Å². The second-order valence-corrected chi connectivity index (χ2v) is 10.9. The highest BCUT2D eigenvalue weighted by molar-refractivity contribution is 5.87. The first kappa shape index (κ1) is 25.0. The maximum Gasteiger partial charge on any atom is 0.161 e. The van der Waals surface area contributed by atoms with Gasteiger partial charge in [-0.15, -0.1) is 0 Å². The van der Waals surface area contributed by atoms with Crippen LogP contribution in [-0.4, -0.2) is 77.7 Å². The zero-order chi connectivity index (χ0) is 25.2. The van der Waals surface area contributed by atoms with Crippen molar-refractivity contribution in [2.75, 3.05) is 46.9 Å². The lowest BCUT2D eigenvalue weighted by molar-refractivity contribution is 0.0821. The maximum atomic E-state index is 5.51. The highest BCUT2D eigenvalue weighted by Gasteiger charge is 2.30. The Morgan fingerprint density at radius 1 is 1.00 bits per heavy atom. The topological polar surface area (TPSA) is 66.5 Å². The number of likely N-dealkylation sites (tertiary alicyclic amines) is 2. The number of ether oxygens (including phenoxy) is 2. The van der Waals surface area contributed by atoms with Gasteiger partial charge in [-0.1, -0.05) is 13.8 Å². The first-order valence-corrected chi connectivity index (χ1v) is 13.5. The quantitative estimate of drug-likeness (QED) is 0.487. The minimum Gasteiger partial charge on any atom is -0.493 e. The van der Waals surface area contributed by atoms with Crippen molar-refractivity contribution in [1.29, 1.82) is 0 Å². The number of H-pyrrole nitrogens is 1. The van der Waals surface area contributed by atoms with Crippen LogP contribution in [0.4, 0.5) is 0 Å². The van der Waals surface area contributed by atoms with E-state index in [1.807, 2.05) is 18.3 Å². The number of hydrogen-bond acceptors (Lipinski definition) is 6. The SMILES string of the molecule is COc1ccc(-c2[nH]c3cnc(C4CCN(C5CCN(CC(C)C)CC5)CC4)nc3c2C)cc1OC. The Morgan fingerprint density at radius 2 is 1.72 bits per heavy atom. The third kappa shape index (κ3) is 5.09. The minimum atomic E-state index is 0.436. The van der Waals surface area contributed by atoms with Crippen molar-refractivity contribution in [3.05, 3.63) is 35.8 Å². The van der Waals surface area contributed by atoms with Crippen LogP contribution in [0.25, 0.3) is 22.3 Å². The van der Waals surface area contributed by atoms with Gasteiger partial charge in [-0.3, -0.25) is 0 Å². The molecular weight excluding hydrogens is 450 g/mol. The minimum absolute atomic E-state index is 0.436. The van der Waals surface area contributed by atoms with Crippen molar-refractivity contribution in [2.24, 2.45) is 5.92 Å². The zero-order valence-corrected chi connectivity index (χ0v) is 22.5. The van der Waals surface area contributed by atoms with Crippen molar-refractivity contribution in [3.8, 4) is 22.8 Å². The number of hydrogen-bond donors (Lipinski definition) is 1. The average Bonchev–Trinajstić information content (AvgIpc) is 3.24. The predicted octanol–water partition coefficient (Wildman–Crippen LogP) is 5.25. The molecule has 36 heavy (non-hydrogen) atoms. The molecule has 0 radical (unpaired) electrons. The highest BCUT2D eigenvalue weighted by atomic mass is 16.5. The lowest BCUT2D eigenvalue weighted by Crippen LogP contribution is -2.48.